The molecule has 2 heterocycles. The third kappa shape index (κ3) is 3.03. The van der Waals surface area contributed by atoms with E-state index < -0.39 is 11.5 Å². The Hall–Kier alpha value is -1.40. The molecule has 1 saturated carbocycles. The van der Waals surface area contributed by atoms with Crippen LogP contribution < -0.4 is 10.6 Å². The van der Waals surface area contributed by atoms with Gasteiger partial charge in [0.2, 0.25) is 5.91 Å². The fourth-order valence-corrected chi connectivity index (χ4v) is 3.57. The molecule has 0 aromatic rings. The second-order valence-corrected chi connectivity index (χ2v) is 6.63. The van der Waals surface area contributed by atoms with Crippen LogP contribution in [0.2, 0.25) is 0 Å². The van der Waals surface area contributed by atoms with Gasteiger partial charge in [-0.25, -0.2) is 4.79 Å². The largest absolute Gasteiger partial charge is 0.479 e. The van der Waals surface area contributed by atoms with Gasteiger partial charge in [-0.15, -0.1) is 0 Å². The van der Waals surface area contributed by atoms with Gasteiger partial charge in [-0.2, -0.15) is 0 Å². The van der Waals surface area contributed by atoms with Gasteiger partial charge in [-0.1, -0.05) is 12.2 Å². The number of carbonyl (C=O) groups excluding carboxylic acids is 1. The molecule has 6 nitrogen and oxygen atoms in total. The van der Waals surface area contributed by atoms with Crippen molar-refractivity contribution < 1.29 is 14.7 Å². The summed E-state index contributed by atoms with van der Waals surface area (Å²) in [5.41, 5.74) is -1.07. The lowest BCUT2D eigenvalue weighted by atomic mass is 10.1. The Morgan fingerprint density at radius 1 is 1.36 bits per heavy atom. The molecule has 0 aromatic carbocycles. The van der Waals surface area contributed by atoms with E-state index in [1.54, 1.807) is 0 Å². The lowest BCUT2D eigenvalue weighted by Gasteiger charge is -2.26. The number of rotatable bonds is 1. The number of amides is 1. The number of fused-ring (bicyclic) bond motifs is 2. The Labute approximate surface area is 130 Å². The Bertz CT molecular complexity index is 479. The van der Waals surface area contributed by atoms with E-state index in [0.717, 1.165) is 45.2 Å². The molecule has 2 fully saturated rings. The van der Waals surface area contributed by atoms with Crippen molar-refractivity contribution in [1.29, 1.82) is 0 Å². The van der Waals surface area contributed by atoms with E-state index in [9.17, 15) is 14.7 Å². The molecule has 0 radical (unpaired) electrons. The van der Waals surface area contributed by atoms with Crippen LogP contribution in [0.3, 0.4) is 0 Å². The molecule has 2 aliphatic heterocycles. The lowest BCUT2D eigenvalue weighted by molar-refractivity contribution is -0.144. The number of carbonyl (C=O) groups is 2. The highest BCUT2D eigenvalue weighted by atomic mass is 16.4. The molecule has 3 rings (SSSR count). The molecule has 0 spiro atoms. The van der Waals surface area contributed by atoms with Crippen LogP contribution in [-0.2, 0) is 9.59 Å². The van der Waals surface area contributed by atoms with Crippen LogP contribution in [0.25, 0.3) is 0 Å². The smallest absolute Gasteiger partial charge is 0.330 e. The number of nitrogens with one attached hydrogen (secondary N) is 2. The van der Waals surface area contributed by atoms with Crippen molar-refractivity contribution in [2.45, 2.75) is 50.1 Å². The SMILES string of the molecule is O=C1NC2(C(=O)O)CC2/C=C\CCCCNCN2CCCC12. The first-order valence-corrected chi connectivity index (χ1v) is 8.30. The number of allylic oxidation sites excluding steroid dienone is 1. The molecule has 1 aliphatic carbocycles. The first-order valence-electron chi connectivity index (χ1n) is 8.30. The second kappa shape index (κ2) is 6.38. The fourth-order valence-electron chi connectivity index (χ4n) is 3.57. The van der Waals surface area contributed by atoms with Gasteiger partial charge in [-0.05, 0) is 45.1 Å². The summed E-state index contributed by atoms with van der Waals surface area (Å²) in [5.74, 6) is -1.11. The van der Waals surface area contributed by atoms with Crippen LogP contribution in [0, 0.1) is 5.92 Å². The van der Waals surface area contributed by atoms with Gasteiger partial charge in [0.1, 0.15) is 5.54 Å². The van der Waals surface area contributed by atoms with Crippen molar-refractivity contribution in [2.24, 2.45) is 5.92 Å². The standard InChI is InChI=1S/C16H25N3O3/c20-14-13-7-5-9-19(13)11-17-8-4-2-1-3-6-12-10-16(12,18-14)15(21)22/h3,6,12-13,17H,1-2,4-5,7-11H2,(H,18,20)(H,21,22)/b6-3-. The zero-order valence-electron chi connectivity index (χ0n) is 12.9. The zero-order chi connectivity index (χ0) is 15.6. The zero-order valence-corrected chi connectivity index (χ0v) is 12.9. The highest BCUT2D eigenvalue weighted by molar-refractivity contribution is 5.92. The Kier molecular flexibility index (Phi) is 4.49. The molecule has 1 saturated heterocycles. The summed E-state index contributed by atoms with van der Waals surface area (Å²) < 4.78 is 0. The second-order valence-electron chi connectivity index (χ2n) is 6.63. The molecule has 22 heavy (non-hydrogen) atoms. The van der Waals surface area contributed by atoms with Gasteiger partial charge < -0.3 is 15.7 Å². The van der Waals surface area contributed by atoms with E-state index in [-0.39, 0.29) is 17.9 Å². The van der Waals surface area contributed by atoms with Gasteiger partial charge in [-0.3, -0.25) is 9.69 Å². The molecule has 3 N–H and O–H groups in total. The summed E-state index contributed by atoms with van der Waals surface area (Å²) >= 11 is 0. The van der Waals surface area contributed by atoms with Crippen LogP contribution in [-0.4, -0.2) is 53.2 Å². The number of hydrogen-bond donors (Lipinski definition) is 3. The van der Waals surface area contributed by atoms with Gasteiger partial charge in [0, 0.05) is 19.1 Å². The van der Waals surface area contributed by atoms with Crippen LogP contribution >= 0.6 is 0 Å². The van der Waals surface area contributed by atoms with Crippen LogP contribution in [0.1, 0.15) is 38.5 Å². The van der Waals surface area contributed by atoms with Gasteiger partial charge >= 0.3 is 5.97 Å². The maximum absolute atomic E-state index is 12.5. The van der Waals surface area contributed by atoms with Crippen molar-refractivity contribution >= 4 is 11.9 Å². The number of carboxylic acid groups (broad SMARTS) is 1. The maximum Gasteiger partial charge on any atom is 0.330 e. The average molecular weight is 307 g/mol. The molecule has 1 amide bonds. The van der Waals surface area contributed by atoms with Crippen molar-refractivity contribution in [2.75, 3.05) is 19.8 Å². The average Bonchev–Trinajstić information content (AvgIpc) is 2.97. The summed E-state index contributed by atoms with van der Waals surface area (Å²) in [5, 5.41) is 15.8. The van der Waals surface area contributed by atoms with Gasteiger partial charge in [0.15, 0.2) is 0 Å². The molecule has 0 aromatic heterocycles. The molecule has 122 valence electrons. The topological polar surface area (TPSA) is 81.7 Å². The van der Waals surface area contributed by atoms with E-state index in [2.05, 4.69) is 21.6 Å². The summed E-state index contributed by atoms with van der Waals surface area (Å²) in [6, 6.07) is -0.197. The normalized spacial score (nSPS) is 38.3. The van der Waals surface area contributed by atoms with E-state index >= 15 is 0 Å². The van der Waals surface area contributed by atoms with E-state index in [1.807, 2.05) is 6.08 Å². The number of hydrogen-bond acceptors (Lipinski definition) is 4. The predicted molar refractivity (Wildman–Crippen MR) is 82.2 cm³/mol. The highest BCUT2D eigenvalue weighted by Crippen LogP contribution is 2.45. The summed E-state index contributed by atoms with van der Waals surface area (Å²) in [4.78, 5) is 26.3. The minimum atomic E-state index is -1.07. The van der Waals surface area contributed by atoms with Crippen molar-refractivity contribution in [3.63, 3.8) is 0 Å². The monoisotopic (exact) mass is 307 g/mol. The third-order valence-corrected chi connectivity index (χ3v) is 5.07. The highest BCUT2D eigenvalue weighted by Gasteiger charge is 2.61. The third-order valence-electron chi connectivity index (χ3n) is 5.07. The first kappa shape index (κ1) is 15.5. The van der Waals surface area contributed by atoms with Crippen LogP contribution in [0.5, 0.6) is 0 Å². The summed E-state index contributed by atoms with van der Waals surface area (Å²) in [7, 11) is 0. The summed E-state index contributed by atoms with van der Waals surface area (Å²) in [6.45, 7) is 2.56. The predicted octanol–water partition coefficient (Wildman–Crippen LogP) is 0.697. The van der Waals surface area contributed by atoms with E-state index in [0.29, 0.717) is 13.1 Å². The van der Waals surface area contributed by atoms with Gasteiger partial charge in [0.25, 0.3) is 0 Å². The molecule has 0 bridgehead atoms. The Morgan fingerprint density at radius 3 is 3.05 bits per heavy atom. The number of carboxylic acids is 1. The Morgan fingerprint density at radius 2 is 2.23 bits per heavy atom. The minimum absolute atomic E-state index is 0.0649. The van der Waals surface area contributed by atoms with Crippen LogP contribution in [0.4, 0.5) is 0 Å². The molecular formula is C16H25N3O3. The van der Waals surface area contributed by atoms with Gasteiger partial charge in [0.05, 0.1) is 6.04 Å². The molecule has 3 atom stereocenters. The number of aliphatic carboxylic acids is 1. The Balaban J connectivity index is 1.75. The van der Waals surface area contributed by atoms with Crippen LogP contribution in [0.15, 0.2) is 12.2 Å². The minimum Gasteiger partial charge on any atom is -0.479 e. The van der Waals surface area contributed by atoms with Crippen molar-refractivity contribution in [1.82, 2.24) is 15.5 Å². The molecule has 6 heteroatoms. The number of nitrogens with zero attached hydrogens (tertiary/aromatic N) is 1. The summed E-state index contributed by atoms with van der Waals surface area (Å²) in [6.07, 6.45) is 9.52. The quantitative estimate of drug-likeness (QED) is 0.621. The lowest BCUT2D eigenvalue weighted by Crippen LogP contribution is -2.53. The maximum atomic E-state index is 12.5. The first-order chi connectivity index (χ1) is 10.6. The molecular weight excluding hydrogens is 282 g/mol. The van der Waals surface area contributed by atoms with Crippen molar-refractivity contribution in [3.8, 4) is 0 Å². The molecule has 3 unspecified atom stereocenters. The molecule has 3 aliphatic rings. The van der Waals surface area contributed by atoms with E-state index in [1.165, 1.54) is 0 Å². The fraction of sp³-hybridized carbons (Fsp3) is 0.750. The van der Waals surface area contributed by atoms with Crippen molar-refractivity contribution in [3.05, 3.63) is 12.2 Å². The van der Waals surface area contributed by atoms with E-state index in [4.69, 9.17) is 0 Å².